The first-order chi connectivity index (χ1) is 11.5. The number of rotatable bonds is 6. The van der Waals surface area contributed by atoms with E-state index in [1.54, 1.807) is 0 Å². The lowest BCUT2D eigenvalue weighted by molar-refractivity contribution is 0.0876. The molecule has 1 aliphatic rings. The smallest absolute Gasteiger partial charge is 0.433 e. The van der Waals surface area contributed by atoms with Crippen molar-refractivity contribution in [3.63, 3.8) is 0 Å². The predicted molar refractivity (Wildman–Crippen MR) is 100 cm³/mol. The van der Waals surface area contributed by atoms with Crippen molar-refractivity contribution < 1.29 is 14.3 Å². The van der Waals surface area contributed by atoms with E-state index in [-0.39, 0.29) is 11.8 Å². The Labute approximate surface area is 149 Å². The second-order valence-electron chi connectivity index (χ2n) is 6.73. The third-order valence-electron chi connectivity index (χ3n) is 4.24. The zero-order valence-corrected chi connectivity index (χ0v) is 16.0. The predicted octanol–water partition coefficient (Wildman–Crippen LogP) is 4.50. The van der Waals surface area contributed by atoms with E-state index in [1.165, 1.54) is 0 Å². The molecule has 5 heteroatoms. The first kappa shape index (κ1) is 19.1. The molecule has 0 bridgehead atoms. The van der Waals surface area contributed by atoms with Gasteiger partial charge < -0.3 is 9.47 Å². The van der Waals surface area contributed by atoms with Gasteiger partial charge in [0.05, 0.1) is 0 Å². The van der Waals surface area contributed by atoms with E-state index < -0.39 is 6.16 Å². The van der Waals surface area contributed by atoms with E-state index in [2.05, 4.69) is 32.6 Å². The van der Waals surface area contributed by atoms with Gasteiger partial charge in [0.1, 0.15) is 12.4 Å². The van der Waals surface area contributed by atoms with Crippen LogP contribution in [0.15, 0.2) is 18.2 Å². The van der Waals surface area contributed by atoms with Crippen LogP contribution in [0.1, 0.15) is 50.7 Å². The summed E-state index contributed by atoms with van der Waals surface area (Å²) in [6.45, 7) is 11.7. The number of hydrogen-bond acceptors (Lipinski definition) is 5. The summed E-state index contributed by atoms with van der Waals surface area (Å²) in [4.78, 5) is 14.5. The molecule has 4 nitrogen and oxygen atoms in total. The average molecular weight is 352 g/mol. The van der Waals surface area contributed by atoms with E-state index in [1.807, 2.05) is 30.0 Å². The highest BCUT2D eigenvalue weighted by Crippen LogP contribution is 2.34. The highest BCUT2D eigenvalue weighted by atomic mass is 32.2. The van der Waals surface area contributed by atoms with Crippen LogP contribution in [0.3, 0.4) is 0 Å². The molecule has 1 heterocycles. The molecule has 1 fully saturated rings. The van der Waals surface area contributed by atoms with Crippen molar-refractivity contribution >= 4 is 17.9 Å². The molecule has 0 N–H and O–H groups in total. The topological polar surface area (TPSA) is 38.8 Å². The number of hydrogen-bond donors (Lipinski definition) is 0. The lowest BCUT2D eigenvalue weighted by atomic mass is 9.94. The molecule has 0 saturated carbocycles. The van der Waals surface area contributed by atoms with Gasteiger partial charge in [0.2, 0.25) is 0 Å². The molecule has 2 rings (SSSR count). The van der Waals surface area contributed by atoms with Crippen molar-refractivity contribution in [3.05, 3.63) is 29.3 Å². The maximum atomic E-state index is 12.1. The van der Waals surface area contributed by atoms with Gasteiger partial charge in [0.25, 0.3) is 0 Å². The Balaban J connectivity index is 1.94. The maximum Gasteiger partial charge on any atom is 0.513 e. The highest BCUT2D eigenvalue weighted by Gasteiger charge is 2.19. The molecular weight excluding hydrogens is 322 g/mol. The Morgan fingerprint density at radius 3 is 2.25 bits per heavy atom. The van der Waals surface area contributed by atoms with Crippen LogP contribution in [0.25, 0.3) is 0 Å². The van der Waals surface area contributed by atoms with Gasteiger partial charge in [-0.3, -0.25) is 4.90 Å². The van der Waals surface area contributed by atoms with Crippen LogP contribution in [-0.4, -0.2) is 48.8 Å². The number of carbonyl (C=O) groups excluding carboxylic acids is 1. The number of carbonyl (C=O) groups is 1. The second kappa shape index (κ2) is 9.33. The fourth-order valence-corrected chi connectivity index (χ4v) is 3.77. The number of thioether (sulfide) groups is 1. The summed E-state index contributed by atoms with van der Waals surface area (Å²) in [6, 6.07) is 6.06. The van der Waals surface area contributed by atoms with Crippen molar-refractivity contribution in [3.8, 4) is 5.75 Å². The van der Waals surface area contributed by atoms with Crippen molar-refractivity contribution in [2.45, 2.75) is 39.5 Å². The molecule has 0 unspecified atom stereocenters. The zero-order valence-electron chi connectivity index (χ0n) is 15.2. The molecule has 0 aliphatic carbocycles. The Bertz CT molecular complexity index is 513. The van der Waals surface area contributed by atoms with Crippen LogP contribution < -0.4 is 4.74 Å². The molecule has 134 valence electrons. The van der Waals surface area contributed by atoms with Crippen molar-refractivity contribution in [1.82, 2.24) is 4.90 Å². The number of benzene rings is 1. The second-order valence-corrected chi connectivity index (χ2v) is 7.95. The molecule has 24 heavy (non-hydrogen) atoms. The molecular formula is C19H29NO3S. The van der Waals surface area contributed by atoms with Crippen molar-refractivity contribution in [2.24, 2.45) is 0 Å². The number of nitrogens with zero attached hydrogens (tertiary/aromatic N) is 1. The van der Waals surface area contributed by atoms with Crippen molar-refractivity contribution in [2.75, 3.05) is 37.7 Å². The minimum atomic E-state index is -0.601. The van der Waals surface area contributed by atoms with Crippen LogP contribution in [-0.2, 0) is 4.74 Å². The molecule has 0 amide bonds. The summed E-state index contributed by atoms with van der Waals surface area (Å²) < 4.78 is 10.9. The zero-order chi connectivity index (χ0) is 17.5. The van der Waals surface area contributed by atoms with E-state index >= 15 is 0 Å². The van der Waals surface area contributed by atoms with Gasteiger partial charge in [0.15, 0.2) is 0 Å². The molecule has 1 saturated heterocycles. The number of ether oxygens (including phenoxy) is 2. The van der Waals surface area contributed by atoms with Crippen LogP contribution >= 0.6 is 11.8 Å². The van der Waals surface area contributed by atoms with Crippen LogP contribution in [0.4, 0.5) is 4.79 Å². The molecule has 1 aliphatic heterocycles. The molecule has 0 aromatic heterocycles. The van der Waals surface area contributed by atoms with Crippen molar-refractivity contribution in [1.29, 1.82) is 0 Å². The molecule has 0 spiro atoms. The van der Waals surface area contributed by atoms with Gasteiger partial charge in [-0.1, -0.05) is 45.9 Å². The van der Waals surface area contributed by atoms with Crippen LogP contribution in [0.5, 0.6) is 5.75 Å². The first-order valence-corrected chi connectivity index (χ1v) is 9.92. The van der Waals surface area contributed by atoms with E-state index in [4.69, 9.17) is 9.47 Å². The maximum absolute atomic E-state index is 12.1. The Kier molecular flexibility index (Phi) is 7.43. The average Bonchev–Trinajstić information content (AvgIpc) is 2.55. The van der Waals surface area contributed by atoms with Gasteiger partial charge in [-0.05, 0) is 23.0 Å². The van der Waals surface area contributed by atoms with E-state index in [9.17, 15) is 4.79 Å². The molecule has 0 atom stereocenters. The SMILES string of the molecule is CC(C)c1cccc(C(C)C)c1OC(=O)OCCN1CCSCC1. The Morgan fingerprint density at radius 1 is 1.12 bits per heavy atom. The lowest BCUT2D eigenvalue weighted by Gasteiger charge is -2.25. The number of para-hydroxylation sites is 1. The lowest BCUT2D eigenvalue weighted by Crippen LogP contribution is -2.35. The fourth-order valence-electron chi connectivity index (χ4n) is 2.80. The highest BCUT2D eigenvalue weighted by molar-refractivity contribution is 7.99. The quantitative estimate of drug-likeness (QED) is 0.557. The van der Waals surface area contributed by atoms with Gasteiger partial charge in [-0.25, -0.2) is 4.79 Å². The van der Waals surface area contributed by atoms with Gasteiger partial charge in [-0.15, -0.1) is 0 Å². The van der Waals surface area contributed by atoms with Gasteiger partial charge >= 0.3 is 6.16 Å². The summed E-state index contributed by atoms with van der Waals surface area (Å²) >= 11 is 1.97. The minimum Gasteiger partial charge on any atom is -0.433 e. The standard InChI is InChI=1S/C19H29NO3S/c1-14(2)16-6-5-7-17(15(3)4)18(16)23-19(21)22-11-8-20-9-12-24-13-10-20/h5-7,14-15H,8-13H2,1-4H3. The first-order valence-electron chi connectivity index (χ1n) is 8.76. The minimum absolute atomic E-state index is 0.289. The summed E-state index contributed by atoms with van der Waals surface area (Å²) in [5.74, 6) is 3.56. The largest absolute Gasteiger partial charge is 0.513 e. The third-order valence-corrected chi connectivity index (χ3v) is 5.18. The summed E-state index contributed by atoms with van der Waals surface area (Å²) in [6.07, 6.45) is -0.601. The Hall–Kier alpha value is -1.20. The molecule has 0 radical (unpaired) electrons. The monoisotopic (exact) mass is 351 g/mol. The summed E-state index contributed by atoms with van der Waals surface area (Å²) in [5.41, 5.74) is 2.09. The fraction of sp³-hybridized carbons (Fsp3) is 0.632. The molecule has 1 aromatic rings. The van der Waals surface area contributed by atoms with Gasteiger partial charge in [0, 0.05) is 31.1 Å². The summed E-state index contributed by atoms with van der Waals surface area (Å²) in [5, 5.41) is 0. The van der Waals surface area contributed by atoms with Crippen LogP contribution in [0, 0.1) is 0 Å². The van der Waals surface area contributed by atoms with E-state index in [0.29, 0.717) is 12.4 Å². The van der Waals surface area contributed by atoms with Crippen LogP contribution in [0.2, 0.25) is 0 Å². The van der Waals surface area contributed by atoms with Gasteiger partial charge in [-0.2, -0.15) is 11.8 Å². The normalized spacial score (nSPS) is 15.8. The Morgan fingerprint density at radius 2 is 1.71 bits per heavy atom. The summed E-state index contributed by atoms with van der Waals surface area (Å²) in [7, 11) is 0. The molecule has 1 aromatic carbocycles. The van der Waals surface area contributed by atoms with E-state index in [0.717, 1.165) is 42.3 Å². The third kappa shape index (κ3) is 5.42.